The zero-order chi connectivity index (χ0) is 11.3. The van der Waals surface area contributed by atoms with Crippen molar-refractivity contribution in [3.8, 4) is 0 Å². The summed E-state index contributed by atoms with van der Waals surface area (Å²) in [5.41, 5.74) is 0.880. The zero-order valence-corrected chi connectivity index (χ0v) is 10.0. The molecule has 0 spiro atoms. The summed E-state index contributed by atoms with van der Waals surface area (Å²) in [6.45, 7) is 2.42. The van der Waals surface area contributed by atoms with E-state index in [4.69, 9.17) is 23.2 Å². The molecule has 4 heteroatoms. The maximum absolute atomic E-state index is 11.2. The summed E-state index contributed by atoms with van der Waals surface area (Å²) in [6.07, 6.45) is 1.39. The predicted octanol–water partition coefficient (Wildman–Crippen LogP) is 3.41. The number of nitrogens with one attached hydrogen (secondary N) is 1. The molecular formula is C11H13Cl2NO. The second-order valence-corrected chi connectivity index (χ2v) is 4.11. The first-order chi connectivity index (χ1) is 7.13. The molecule has 0 aromatic heterocycles. The molecule has 0 aliphatic heterocycles. The molecule has 1 amide bonds. The summed E-state index contributed by atoms with van der Waals surface area (Å²) in [5.74, 6) is 0.0449. The van der Waals surface area contributed by atoms with Gasteiger partial charge in [-0.1, -0.05) is 36.2 Å². The first-order valence-corrected chi connectivity index (χ1v) is 5.59. The molecule has 1 aromatic carbocycles. The lowest BCUT2D eigenvalue weighted by atomic mass is 10.2. The van der Waals surface area contributed by atoms with E-state index in [2.05, 4.69) is 5.32 Å². The number of hydrogen-bond donors (Lipinski definition) is 1. The molecule has 0 radical (unpaired) electrons. The van der Waals surface area contributed by atoms with Crippen molar-refractivity contribution in [3.05, 3.63) is 33.8 Å². The van der Waals surface area contributed by atoms with Crippen LogP contribution in [0.15, 0.2) is 18.2 Å². The van der Waals surface area contributed by atoms with Gasteiger partial charge >= 0.3 is 0 Å². The van der Waals surface area contributed by atoms with Crippen molar-refractivity contribution in [1.82, 2.24) is 5.32 Å². The van der Waals surface area contributed by atoms with Gasteiger partial charge in [0.25, 0.3) is 0 Å². The van der Waals surface area contributed by atoms with Crippen LogP contribution >= 0.6 is 23.2 Å². The van der Waals surface area contributed by atoms with Gasteiger partial charge in [-0.15, -0.1) is 0 Å². The average Bonchev–Trinajstić information content (AvgIpc) is 2.17. The SMILES string of the molecule is CCCC(=O)NCc1ccc(Cl)cc1Cl. The first kappa shape index (κ1) is 12.3. The van der Waals surface area contributed by atoms with E-state index in [1.165, 1.54) is 0 Å². The minimum absolute atomic E-state index is 0.0449. The van der Waals surface area contributed by atoms with Gasteiger partial charge < -0.3 is 5.32 Å². The van der Waals surface area contributed by atoms with Crippen molar-refractivity contribution in [3.63, 3.8) is 0 Å². The van der Waals surface area contributed by atoms with Crippen molar-refractivity contribution in [2.75, 3.05) is 0 Å². The van der Waals surface area contributed by atoms with Crippen LogP contribution in [0.3, 0.4) is 0 Å². The molecule has 0 saturated carbocycles. The smallest absolute Gasteiger partial charge is 0.220 e. The number of rotatable bonds is 4. The summed E-state index contributed by atoms with van der Waals surface area (Å²) < 4.78 is 0. The van der Waals surface area contributed by atoms with Crippen molar-refractivity contribution < 1.29 is 4.79 Å². The van der Waals surface area contributed by atoms with Crippen LogP contribution in [-0.4, -0.2) is 5.91 Å². The Kier molecular flexibility index (Phi) is 4.92. The van der Waals surface area contributed by atoms with Gasteiger partial charge in [0.15, 0.2) is 0 Å². The quantitative estimate of drug-likeness (QED) is 0.866. The zero-order valence-electron chi connectivity index (χ0n) is 8.52. The van der Waals surface area contributed by atoms with E-state index in [1.807, 2.05) is 13.0 Å². The van der Waals surface area contributed by atoms with Gasteiger partial charge in [-0.3, -0.25) is 4.79 Å². The first-order valence-electron chi connectivity index (χ1n) is 4.84. The second-order valence-electron chi connectivity index (χ2n) is 3.26. The molecule has 0 saturated heterocycles. The molecule has 0 fully saturated rings. The Morgan fingerprint density at radius 1 is 1.40 bits per heavy atom. The third kappa shape index (κ3) is 4.10. The Balaban J connectivity index is 2.54. The molecular weight excluding hydrogens is 233 g/mol. The number of carbonyl (C=O) groups excluding carboxylic acids is 1. The van der Waals surface area contributed by atoms with Gasteiger partial charge in [0.05, 0.1) is 0 Å². The normalized spacial score (nSPS) is 10.1. The van der Waals surface area contributed by atoms with Gasteiger partial charge in [-0.2, -0.15) is 0 Å². The lowest BCUT2D eigenvalue weighted by Crippen LogP contribution is -2.22. The summed E-state index contributed by atoms with van der Waals surface area (Å²) in [7, 11) is 0. The summed E-state index contributed by atoms with van der Waals surface area (Å²) in [6, 6.07) is 5.25. The van der Waals surface area contributed by atoms with Gasteiger partial charge in [0.2, 0.25) is 5.91 Å². The third-order valence-electron chi connectivity index (χ3n) is 1.97. The summed E-state index contributed by atoms with van der Waals surface area (Å²) in [4.78, 5) is 11.2. The van der Waals surface area contributed by atoms with Gasteiger partial charge in [0, 0.05) is 23.0 Å². The van der Waals surface area contributed by atoms with Crippen LogP contribution in [0.2, 0.25) is 10.0 Å². The predicted molar refractivity (Wildman–Crippen MR) is 63.2 cm³/mol. The topological polar surface area (TPSA) is 29.1 Å². The van der Waals surface area contributed by atoms with Crippen molar-refractivity contribution in [2.45, 2.75) is 26.3 Å². The van der Waals surface area contributed by atoms with E-state index >= 15 is 0 Å². The van der Waals surface area contributed by atoms with E-state index in [0.29, 0.717) is 23.0 Å². The number of carbonyl (C=O) groups is 1. The number of hydrogen-bond acceptors (Lipinski definition) is 1. The highest BCUT2D eigenvalue weighted by molar-refractivity contribution is 6.35. The van der Waals surface area contributed by atoms with Crippen LogP contribution in [0.5, 0.6) is 0 Å². The highest BCUT2D eigenvalue weighted by Gasteiger charge is 2.03. The van der Waals surface area contributed by atoms with Crippen LogP contribution in [0.4, 0.5) is 0 Å². The van der Waals surface area contributed by atoms with Crippen LogP contribution in [-0.2, 0) is 11.3 Å². The van der Waals surface area contributed by atoms with E-state index in [1.54, 1.807) is 12.1 Å². The van der Waals surface area contributed by atoms with Crippen LogP contribution in [0.1, 0.15) is 25.3 Å². The standard InChI is InChI=1S/C11H13Cl2NO/c1-2-3-11(15)14-7-8-4-5-9(12)6-10(8)13/h4-6H,2-3,7H2,1H3,(H,14,15). The molecule has 0 aliphatic carbocycles. The average molecular weight is 246 g/mol. The molecule has 0 unspecified atom stereocenters. The maximum Gasteiger partial charge on any atom is 0.220 e. The molecule has 82 valence electrons. The molecule has 1 aromatic rings. The maximum atomic E-state index is 11.2. The second kappa shape index (κ2) is 5.99. The van der Waals surface area contributed by atoms with Crippen molar-refractivity contribution in [1.29, 1.82) is 0 Å². The molecule has 1 rings (SSSR count). The number of benzene rings is 1. The molecule has 0 aliphatic rings. The number of amides is 1. The molecule has 0 heterocycles. The highest BCUT2D eigenvalue weighted by atomic mass is 35.5. The molecule has 1 N–H and O–H groups in total. The van der Waals surface area contributed by atoms with Gasteiger partial charge in [-0.05, 0) is 24.1 Å². The minimum atomic E-state index is 0.0449. The van der Waals surface area contributed by atoms with Crippen LogP contribution < -0.4 is 5.32 Å². The van der Waals surface area contributed by atoms with Crippen molar-refractivity contribution >= 4 is 29.1 Å². The van der Waals surface area contributed by atoms with E-state index in [-0.39, 0.29) is 5.91 Å². The fourth-order valence-corrected chi connectivity index (χ4v) is 1.65. The minimum Gasteiger partial charge on any atom is -0.352 e. The highest BCUT2D eigenvalue weighted by Crippen LogP contribution is 2.20. The Labute approximate surface area is 99.6 Å². The molecule has 15 heavy (non-hydrogen) atoms. The van der Waals surface area contributed by atoms with E-state index in [9.17, 15) is 4.79 Å². The number of halogens is 2. The summed E-state index contributed by atoms with van der Waals surface area (Å²) in [5, 5.41) is 3.98. The largest absolute Gasteiger partial charge is 0.352 e. The van der Waals surface area contributed by atoms with Crippen LogP contribution in [0.25, 0.3) is 0 Å². The Hall–Kier alpha value is -0.730. The Morgan fingerprint density at radius 2 is 2.13 bits per heavy atom. The molecule has 0 atom stereocenters. The fraction of sp³-hybridized carbons (Fsp3) is 0.364. The Morgan fingerprint density at radius 3 is 2.73 bits per heavy atom. The molecule has 0 bridgehead atoms. The van der Waals surface area contributed by atoms with Gasteiger partial charge in [0.1, 0.15) is 0 Å². The van der Waals surface area contributed by atoms with E-state index in [0.717, 1.165) is 12.0 Å². The van der Waals surface area contributed by atoms with Gasteiger partial charge in [-0.25, -0.2) is 0 Å². The van der Waals surface area contributed by atoms with Crippen molar-refractivity contribution in [2.24, 2.45) is 0 Å². The van der Waals surface area contributed by atoms with Crippen LogP contribution in [0, 0.1) is 0 Å². The molecule has 2 nitrogen and oxygen atoms in total. The lowest BCUT2D eigenvalue weighted by molar-refractivity contribution is -0.121. The monoisotopic (exact) mass is 245 g/mol. The lowest BCUT2D eigenvalue weighted by Gasteiger charge is -2.06. The summed E-state index contributed by atoms with van der Waals surface area (Å²) >= 11 is 11.7. The van der Waals surface area contributed by atoms with E-state index < -0.39 is 0 Å². The Bertz CT molecular complexity index is 352. The fourth-order valence-electron chi connectivity index (χ4n) is 1.17. The third-order valence-corrected chi connectivity index (χ3v) is 2.56.